The number of amides is 2. The fraction of sp³-hybridized carbons (Fsp3) is 0.364. The number of aromatic nitrogens is 3. The molecule has 0 aliphatic carbocycles. The van der Waals surface area contributed by atoms with E-state index in [4.69, 9.17) is 4.42 Å². The number of nitrogens with one attached hydrogen (secondary N) is 1. The highest BCUT2D eigenvalue weighted by atomic mass is 16.3. The quantitative estimate of drug-likeness (QED) is 0.720. The summed E-state index contributed by atoms with van der Waals surface area (Å²) in [7, 11) is 0. The molecule has 0 bridgehead atoms. The molecule has 0 saturated carbocycles. The summed E-state index contributed by atoms with van der Waals surface area (Å²) in [6.45, 7) is 1.49. The molecule has 1 N–H and O–H groups in total. The monoisotopic (exact) mass is 405 g/mol. The van der Waals surface area contributed by atoms with Crippen molar-refractivity contribution in [3.05, 3.63) is 54.2 Å². The number of furan rings is 1. The zero-order chi connectivity index (χ0) is 20.5. The average molecular weight is 405 g/mol. The molecular formula is C22H23N5O3. The average Bonchev–Trinajstić information content (AvgIpc) is 3.54. The van der Waals surface area contributed by atoms with Crippen molar-refractivity contribution in [1.82, 2.24) is 19.7 Å². The number of rotatable bonds is 4. The summed E-state index contributed by atoms with van der Waals surface area (Å²) < 4.78 is 7.38. The number of likely N-dealkylation sites (tertiary alicyclic amines) is 1. The second-order valence-corrected chi connectivity index (χ2v) is 7.75. The smallest absolute Gasteiger partial charge is 0.290 e. The lowest BCUT2D eigenvalue weighted by molar-refractivity contribution is -0.119. The van der Waals surface area contributed by atoms with Crippen LogP contribution in [0.3, 0.4) is 0 Å². The van der Waals surface area contributed by atoms with Crippen LogP contribution in [0.4, 0.5) is 5.69 Å². The van der Waals surface area contributed by atoms with Crippen LogP contribution in [-0.4, -0.2) is 44.1 Å². The summed E-state index contributed by atoms with van der Waals surface area (Å²) in [5, 5.41) is 11.6. The van der Waals surface area contributed by atoms with Gasteiger partial charge in [0.1, 0.15) is 11.9 Å². The van der Waals surface area contributed by atoms with Gasteiger partial charge in [-0.1, -0.05) is 0 Å². The van der Waals surface area contributed by atoms with Gasteiger partial charge < -0.3 is 19.2 Å². The van der Waals surface area contributed by atoms with Gasteiger partial charge >= 0.3 is 0 Å². The highest BCUT2D eigenvalue weighted by Gasteiger charge is 2.35. The van der Waals surface area contributed by atoms with Gasteiger partial charge in [-0.05, 0) is 62.1 Å². The van der Waals surface area contributed by atoms with Crippen molar-refractivity contribution in [2.75, 3.05) is 11.9 Å². The van der Waals surface area contributed by atoms with E-state index in [2.05, 4.69) is 20.1 Å². The van der Waals surface area contributed by atoms with Crippen LogP contribution < -0.4 is 5.32 Å². The van der Waals surface area contributed by atoms with E-state index in [0.29, 0.717) is 18.7 Å². The summed E-state index contributed by atoms with van der Waals surface area (Å²) in [5.41, 5.74) is 1.67. The van der Waals surface area contributed by atoms with Crippen LogP contribution in [-0.2, 0) is 17.8 Å². The van der Waals surface area contributed by atoms with Gasteiger partial charge in [-0.25, -0.2) is 0 Å². The van der Waals surface area contributed by atoms with Crippen LogP contribution in [0.5, 0.6) is 0 Å². The molecule has 1 aromatic carbocycles. The molecule has 8 nitrogen and oxygen atoms in total. The Bertz CT molecular complexity index is 1060. The number of benzene rings is 1. The molecule has 2 aliphatic rings. The molecule has 5 rings (SSSR count). The van der Waals surface area contributed by atoms with Gasteiger partial charge in [-0.15, -0.1) is 10.2 Å². The van der Waals surface area contributed by atoms with Gasteiger partial charge in [0.15, 0.2) is 11.6 Å². The molecule has 1 fully saturated rings. The van der Waals surface area contributed by atoms with Crippen molar-refractivity contribution in [2.24, 2.45) is 0 Å². The topological polar surface area (TPSA) is 93.3 Å². The molecule has 30 heavy (non-hydrogen) atoms. The van der Waals surface area contributed by atoms with Gasteiger partial charge in [0.05, 0.1) is 6.26 Å². The highest BCUT2D eigenvalue weighted by Crippen LogP contribution is 2.25. The molecule has 0 spiro atoms. The maximum Gasteiger partial charge on any atom is 0.290 e. The Balaban J connectivity index is 1.28. The third-order valence-electron chi connectivity index (χ3n) is 5.82. The standard InChI is InChI=1S/C22H23N5O3/c28-21(17-5-3-13-26(17)22(29)18-6-4-14-30-18)23-16-10-8-15(9-11-16)20-25-24-19-7-1-2-12-27(19)20/h4,6,8-11,14,17H,1-3,5,7,12-13H2,(H,23,28)/t17-/m0/s1. The lowest BCUT2D eigenvalue weighted by atomic mass is 10.1. The molecule has 154 valence electrons. The van der Waals surface area contributed by atoms with E-state index < -0.39 is 6.04 Å². The van der Waals surface area contributed by atoms with Gasteiger partial charge in [-0.2, -0.15) is 0 Å². The second kappa shape index (κ2) is 7.78. The zero-order valence-electron chi connectivity index (χ0n) is 16.6. The third kappa shape index (κ3) is 3.38. The molecule has 1 atom stereocenters. The minimum Gasteiger partial charge on any atom is -0.459 e. The van der Waals surface area contributed by atoms with Gasteiger partial charge in [0, 0.05) is 30.8 Å². The number of anilines is 1. The van der Waals surface area contributed by atoms with Crippen LogP contribution in [0.2, 0.25) is 0 Å². The molecule has 0 radical (unpaired) electrons. The number of hydrogen-bond acceptors (Lipinski definition) is 5. The summed E-state index contributed by atoms with van der Waals surface area (Å²) in [5.74, 6) is 1.74. The molecule has 8 heteroatoms. The van der Waals surface area contributed by atoms with E-state index in [1.54, 1.807) is 17.0 Å². The van der Waals surface area contributed by atoms with Crippen molar-refractivity contribution >= 4 is 17.5 Å². The summed E-state index contributed by atoms with van der Waals surface area (Å²) in [6, 6.07) is 10.4. The van der Waals surface area contributed by atoms with E-state index in [1.807, 2.05) is 24.3 Å². The predicted molar refractivity (Wildman–Crippen MR) is 110 cm³/mol. The third-order valence-corrected chi connectivity index (χ3v) is 5.82. The van der Waals surface area contributed by atoms with Crippen LogP contribution in [0.25, 0.3) is 11.4 Å². The first-order chi connectivity index (χ1) is 14.7. The molecule has 2 aliphatic heterocycles. The molecule has 4 heterocycles. The van der Waals surface area contributed by atoms with Gasteiger partial charge in [0.2, 0.25) is 5.91 Å². The van der Waals surface area contributed by atoms with Crippen molar-refractivity contribution in [3.8, 4) is 11.4 Å². The Morgan fingerprint density at radius 3 is 2.70 bits per heavy atom. The summed E-state index contributed by atoms with van der Waals surface area (Å²) in [6.07, 6.45) is 6.16. The maximum atomic E-state index is 12.8. The van der Waals surface area contributed by atoms with Crippen molar-refractivity contribution < 1.29 is 14.0 Å². The fourth-order valence-corrected chi connectivity index (χ4v) is 4.27. The van der Waals surface area contributed by atoms with E-state index in [9.17, 15) is 9.59 Å². The van der Waals surface area contributed by atoms with Gasteiger partial charge in [0.25, 0.3) is 5.91 Å². The molecule has 1 saturated heterocycles. The van der Waals surface area contributed by atoms with Gasteiger partial charge in [-0.3, -0.25) is 9.59 Å². The summed E-state index contributed by atoms with van der Waals surface area (Å²) in [4.78, 5) is 27.0. The predicted octanol–water partition coefficient (Wildman–Crippen LogP) is 3.12. The number of carbonyl (C=O) groups is 2. The first-order valence-electron chi connectivity index (χ1n) is 10.4. The Kier molecular flexibility index (Phi) is 4.82. The van der Waals surface area contributed by atoms with E-state index in [0.717, 1.165) is 49.4 Å². The number of carbonyl (C=O) groups excluding carboxylic acids is 2. The first kappa shape index (κ1) is 18.6. The van der Waals surface area contributed by atoms with Crippen molar-refractivity contribution in [3.63, 3.8) is 0 Å². The Morgan fingerprint density at radius 2 is 1.90 bits per heavy atom. The first-order valence-corrected chi connectivity index (χ1v) is 10.4. The fourth-order valence-electron chi connectivity index (χ4n) is 4.27. The number of hydrogen-bond donors (Lipinski definition) is 1. The van der Waals surface area contributed by atoms with Crippen LogP contribution >= 0.6 is 0 Å². The Morgan fingerprint density at radius 1 is 1.03 bits per heavy atom. The van der Waals surface area contributed by atoms with E-state index in [1.165, 1.54) is 6.26 Å². The normalized spacial score (nSPS) is 18.3. The SMILES string of the molecule is O=C(Nc1ccc(-c2nnc3n2CCCC3)cc1)[C@@H]1CCCN1C(=O)c1ccco1. The number of aryl methyl sites for hydroxylation is 1. The molecule has 0 unspecified atom stereocenters. The Labute approximate surface area is 173 Å². The highest BCUT2D eigenvalue weighted by molar-refractivity contribution is 6.00. The summed E-state index contributed by atoms with van der Waals surface area (Å²) >= 11 is 0. The lowest BCUT2D eigenvalue weighted by Gasteiger charge is -2.23. The van der Waals surface area contributed by atoms with E-state index >= 15 is 0 Å². The van der Waals surface area contributed by atoms with Crippen molar-refractivity contribution in [2.45, 2.75) is 44.7 Å². The number of fused-ring (bicyclic) bond motifs is 1. The molecule has 3 aromatic rings. The lowest BCUT2D eigenvalue weighted by Crippen LogP contribution is -2.43. The van der Waals surface area contributed by atoms with E-state index in [-0.39, 0.29) is 17.6 Å². The molecule has 2 aromatic heterocycles. The minimum absolute atomic E-state index is 0.181. The number of nitrogens with zero attached hydrogens (tertiary/aromatic N) is 4. The van der Waals surface area contributed by atoms with Crippen molar-refractivity contribution in [1.29, 1.82) is 0 Å². The minimum atomic E-state index is -0.495. The largest absolute Gasteiger partial charge is 0.459 e. The van der Waals surface area contributed by atoms with Crippen LogP contribution in [0, 0.1) is 0 Å². The Hall–Kier alpha value is -3.42. The second-order valence-electron chi connectivity index (χ2n) is 7.75. The zero-order valence-corrected chi connectivity index (χ0v) is 16.6. The molecule has 2 amide bonds. The maximum absolute atomic E-state index is 12.8. The van der Waals surface area contributed by atoms with Crippen LogP contribution in [0.1, 0.15) is 42.1 Å². The molecular weight excluding hydrogens is 382 g/mol. The van der Waals surface area contributed by atoms with Crippen LogP contribution in [0.15, 0.2) is 47.1 Å².